The van der Waals surface area contributed by atoms with Gasteiger partial charge in [-0.3, -0.25) is 4.98 Å². The second kappa shape index (κ2) is 6.87. The van der Waals surface area contributed by atoms with Crippen molar-refractivity contribution in [2.24, 2.45) is 0 Å². The summed E-state index contributed by atoms with van der Waals surface area (Å²) in [4.78, 5) is 23.8. The van der Waals surface area contributed by atoms with Gasteiger partial charge in [0.2, 0.25) is 5.95 Å². The van der Waals surface area contributed by atoms with Crippen LogP contribution in [0.25, 0.3) is 11.3 Å². The molecular formula is C18H16N4O2. The molecule has 0 bridgehead atoms. The first-order valence-corrected chi connectivity index (χ1v) is 7.43. The fourth-order valence-corrected chi connectivity index (χ4v) is 2.29. The molecule has 2 aromatic heterocycles. The van der Waals surface area contributed by atoms with Crippen LogP contribution < -0.4 is 5.32 Å². The number of rotatable bonds is 5. The SMILES string of the molecule is Cc1ccc(C(=O)O)cc1CNc1nccc(-c2cccnc2)n1. The van der Waals surface area contributed by atoms with Crippen LogP contribution in [0.4, 0.5) is 5.95 Å². The van der Waals surface area contributed by atoms with E-state index in [2.05, 4.69) is 20.3 Å². The quantitative estimate of drug-likeness (QED) is 0.751. The summed E-state index contributed by atoms with van der Waals surface area (Å²) in [6.45, 7) is 2.39. The van der Waals surface area contributed by atoms with Crippen molar-refractivity contribution >= 4 is 11.9 Å². The summed E-state index contributed by atoms with van der Waals surface area (Å²) in [5.41, 5.74) is 3.85. The first-order valence-electron chi connectivity index (χ1n) is 7.43. The van der Waals surface area contributed by atoms with Crippen LogP contribution in [0.15, 0.2) is 55.0 Å². The van der Waals surface area contributed by atoms with Gasteiger partial charge in [-0.05, 0) is 48.4 Å². The number of nitrogens with zero attached hydrogens (tertiary/aromatic N) is 3. The zero-order valence-corrected chi connectivity index (χ0v) is 13.1. The topological polar surface area (TPSA) is 88.0 Å². The molecule has 120 valence electrons. The summed E-state index contributed by atoms with van der Waals surface area (Å²) in [6.07, 6.45) is 5.13. The highest BCUT2D eigenvalue weighted by Gasteiger charge is 2.07. The summed E-state index contributed by atoms with van der Waals surface area (Å²) in [5.74, 6) is -0.456. The predicted molar refractivity (Wildman–Crippen MR) is 90.7 cm³/mol. The third kappa shape index (κ3) is 3.55. The number of carbonyl (C=O) groups is 1. The lowest BCUT2D eigenvalue weighted by molar-refractivity contribution is 0.0697. The van der Waals surface area contributed by atoms with Gasteiger partial charge >= 0.3 is 5.97 Å². The van der Waals surface area contributed by atoms with Crippen LogP contribution >= 0.6 is 0 Å². The van der Waals surface area contributed by atoms with E-state index in [9.17, 15) is 4.79 Å². The molecule has 0 radical (unpaired) electrons. The molecule has 0 spiro atoms. The number of carboxylic acids is 1. The van der Waals surface area contributed by atoms with E-state index in [1.165, 1.54) is 0 Å². The molecular weight excluding hydrogens is 304 g/mol. The van der Waals surface area contributed by atoms with Crippen LogP contribution in [-0.4, -0.2) is 26.0 Å². The Morgan fingerprint density at radius 1 is 1.21 bits per heavy atom. The molecule has 0 fully saturated rings. The van der Waals surface area contributed by atoms with Crippen LogP contribution in [0, 0.1) is 6.92 Å². The lowest BCUT2D eigenvalue weighted by Gasteiger charge is -2.09. The Morgan fingerprint density at radius 2 is 2.08 bits per heavy atom. The van der Waals surface area contributed by atoms with E-state index in [1.807, 2.05) is 25.1 Å². The molecule has 0 atom stereocenters. The average molecular weight is 320 g/mol. The van der Waals surface area contributed by atoms with E-state index in [1.54, 1.807) is 36.8 Å². The molecule has 2 heterocycles. The van der Waals surface area contributed by atoms with E-state index >= 15 is 0 Å². The molecule has 0 aliphatic rings. The first kappa shape index (κ1) is 15.6. The zero-order valence-electron chi connectivity index (χ0n) is 13.1. The number of hydrogen-bond donors (Lipinski definition) is 2. The Bertz CT molecular complexity index is 866. The fraction of sp³-hybridized carbons (Fsp3) is 0.111. The molecule has 3 aromatic rings. The van der Waals surface area contributed by atoms with Crippen molar-refractivity contribution in [2.45, 2.75) is 13.5 Å². The summed E-state index contributed by atoms with van der Waals surface area (Å²) >= 11 is 0. The molecule has 0 saturated carbocycles. The normalized spacial score (nSPS) is 10.4. The van der Waals surface area contributed by atoms with Crippen molar-refractivity contribution in [3.63, 3.8) is 0 Å². The van der Waals surface area contributed by atoms with Crippen molar-refractivity contribution in [1.82, 2.24) is 15.0 Å². The maximum Gasteiger partial charge on any atom is 0.335 e. The molecule has 6 heteroatoms. The summed E-state index contributed by atoms with van der Waals surface area (Å²) < 4.78 is 0. The monoisotopic (exact) mass is 320 g/mol. The van der Waals surface area contributed by atoms with Crippen LogP contribution in [0.3, 0.4) is 0 Å². The summed E-state index contributed by atoms with van der Waals surface area (Å²) in [6, 6.07) is 10.7. The number of nitrogens with one attached hydrogen (secondary N) is 1. The maximum atomic E-state index is 11.1. The Balaban J connectivity index is 1.78. The number of hydrogen-bond acceptors (Lipinski definition) is 5. The molecule has 0 saturated heterocycles. The summed E-state index contributed by atoms with van der Waals surface area (Å²) in [7, 11) is 0. The highest BCUT2D eigenvalue weighted by Crippen LogP contribution is 2.17. The van der Waals surface area contributed by atoms with Gasteiger partial charge in [0.25, 0.3) is 0 Å². The van der Waals surface area contributed by atoms with E-state index in [0.29, 0.717) is 12.5 Å². The number of aromatic carboxylic acids is 1. The Kier molecular flexibility index (Phi) is 4.47. The second-order valence-electron chi connectivity index (χ2n) is 5.31. The largest absolute Gasteiger partial charge is 0.478 e. The molecule has 2 N–H and O–H groups in total. The Morgan fingerprint density at radius 3 is 2.83 bits per heavy atom. The van der Waals surface area contributed by atoms with Crippen molar-refractivity contribution < 1.29 is 9.90 Å². The average Bonchev–Trinajstić information content (AvgIpc) is 2.62. The number of carboxylic acid groups (broad SMARTS) is 1. The minimum Gasteiger partial charge on any atom is -0.478 e. The van der Waals surface area contributed by atoms with Crippen molar-refractivity contribution in [2.75, 3.05) is 5.32 Å². The first-order chi connectivity index (χ1) is 11.6. The van der Waals surface area contributed by atoms with Gasteiger partial charge < -0.3 is 10.4 Å². The van der Waals surface area contributed by atoms with Crippen LogP contribution in [0.2, 0.25) is 0 Å². The molecule has 0 aliphatic heterocycles. The van der Waals surface area contributed by atoms with Crippen molar-refractivity contribution in [1.29, 1.82) is 0 Å². The molecule has 6 nitrogen and oxygen atoms in total. The molecule has 0 amide bonds. The number of anilines is 1. The van der Waals surface area contributed by atoms with Gasteiger partial charge in [0.1, 0.15) is 0 Å². The van der Waals surface area contributed by atoms with Crippen LogP contribution in [0.5, 0.6) is 0 Å². The van der Waals surface area contributed by atoms with Crippen molar-refractivity contribution in [3.8, 4) is 11.3 Å². The molecule has 0 aliphatic carbocycles. The Labute approximate surface area is 139 Å². The van der Waals surface area contributed by atoms with Gasteiger partial charge in [0.05, 0.1) is 11.3 Å². The molecule has 3 rings (SSSR count). The van der Waals surface area contributed by atoms with Gasteiger partial charge in [-0.15, -0.1) is 0 Å². The summed E-state index contributed by atoms with van der Waals surface area (Å²) in [5, 5.41) is 12.2. The van der Waals surface area contributed by atoms with Gasteiger partial charge in [0.15, 0.2) is 0 Å². The third-order valence-corrected chi connectivity index (χ3v) is 3.65. The highest BCUT2D eigenvalue weighted by atomic mass is 16.4. The molecule has 0 unspecified atom stereocenters. The van der Waals surface area contributed by atoms with Gasteiger partial charge in [-0.1, -0.05) is 6.07 Å². The van der Waals surface area contributed by atoms with Gasteiger partial charge in [0, 0.05) is 30.7 Å². The Hall–Kier alpha value is -3.28. The van der Waals surface area contributed by atoms with Crippen LogP contribution in [0.1, 0.15) is 21.5 Å². The van der Waals surface area contributed by atoms with E-state index in [-0.39, 0.29) is 5.56 Å². The van der Waals surface area contributed by atoms with Gasteiger partial charge in [-0.25, -0.2) is 14.8 Å². The fourth-order valence-electron chi connectivity index (χ4n) is 2.29. The minimum atomic E-state index is -0.939. The van der Waals surface area contributed by atoms with Gasteiger partial charge in [-0.2, -0.15) is 0 Å². The number of benzene rings is 1. The smallest absolute Gasteiger partial charge is 0.335 e. The zero-order chi connectivity index (χ0) is 16.9. The van der Waals surface area contributed by atoms with E-state index in [0.717, 1.165) is 22.4 Å². The maximum absolute atomic E-state index is 11.1. The lowest BCUT2D eigenvalue weighted by Crippen LogP contribution is -2.07. The second-order valence-corrected chi connectivity index (χ2v) is 5.31. The minimum absolute atomic E-state index is 0.266. The standard InChI is InChI=1S/C18H16N4O2/c1-12-4-5-13(17(23)24)9-15(12)11-21-18-20-8-6-16(22-18)14-3-2-7-19-10-14/h2-10H,11H2,1H3,(H,23,24)(H,20,21,22). The number of aromatic nitrogens is 3. The van der Waals surface area contributed by atoms with E-state index in [4.69, 9.17) is 5.11 Å². The molecule has 24 heavy (non-hydrogen) atoms. The molecule has 1 aromatic carbocycles. The lowest BCUT2D eigenvalue weighted by atomic mass is 10.1. The number of aryl methyl sites for hydroxylation is 1. The number of pyridine rings is 1. The predicted octanol–water partition coefficient (Wildman–Crippen LogP) is 3.16. The highest BCUT2D eigenvalue weighted by molar-refractivity contribution is 5.87. The van der Waals surface area contributed by atoms with E-state index < -0.39 is 5.97 Å². The van der Waals surface area contributed by atoms with Crippen LogP contribution in [-0.2, 0) is 6.54 Å². The third-order valence-electron chi connectivity index (χ3n) is 3.65. The van der Waals surface area contributed by atoms with Crippen molar-refractivity contribution in [3.05, 3.63) is 71.7 Å².